The van der Waals surface area contributed by atoms with Crippen molar-refractivity contribution in [2.75, 3.05) is 18.6 Å². The zero-order chi connectivity index (χ0) is 23.5. The van der Waals surface area contributed by atoms with Crippen LogP contribution in [0.1, 0.15) is 0 Å². The lowest BCUT2D eigenvalue weighted by molar-refractivity contribution is -0.388. The Morgan fingerprint density at radius 1 is 1.23 bits per heavy atom. The Labute approximate surface area is 169 Å². The van der Waals surface area contributed by atoms with Gasteiger partial charge in [0.15, 0.2) is 6.61 Å². The van der Waals surface area contributed by atoms with Gasteiger partial charge >= 0.3 is 30.2 Å². The first-order valence-corrected chi connectivity index (χ1v) is 9.91. The molecule has 0 aromatic heterocycles. The van der Waals surface area contributed by atoms with Crippen LogP contribution in [-0.2, 0) is 20.3 Å². The van der Waals surface area contributed by atoms with Crippen LogP contribution in [0.2, 0.25) is 0 Å². The van der Waals surface area contributed by atoms with Gasteiger partial charge < -0.3 is 4.74 Å². The highest BCUT2D eigenvalue weighted by molar-refractivity contribution is 7.98. The first kappa shape index (κ1) is 26.1. The van der Waals surface area contributed by atoms with Gasteiger partial charge in [-0.15, -0.1) is 11.8 Å². The molecule has 0 aliphatic heterocycles. The van der Waals surface area contributed by atoms with Crippen molar-refractivity contribution in [1.29, 1.82) is 0 Å². The van der Waals surface area contributed by atoms with Crippen molar-refractivity contribution in [1.82, 2.24) is 0 Å². The summed E-state index contributed by atoms with van der Waals surface area (Å²) >= 11 is 1.09. The Hall–Kier alpha value is -1.97. The van der Waals surface area contributed by atoms with Crippen molar-refractivity contribution < 1.29 is 53.8 Å². The van der Waals surface area contributed by atoms with Crippen molar-refractivity contribution in [3.8, 4) is 0 Å². The zero-order valence-electron chi connectivity index (χ0n) is 14.6. The van der Waals surface area contributed by atoms with Crippen molar-refractivity contribution in [3.63, 3.8) is 0 Å². The van der Waals surface area contributed by atoms with E-state index in [2.05, 4.69) is 4.74 Å². The van der Waals surface area contributed by atoms with Crippen LogP contribution in [0.4, 0.5) is 40.8 Å². The lowest BCUT2D eigenvalue weighted by Crippen LogP contribution is -2.59. The smallest absolute Gasteiger partial charge is 0.381 e. The average Bonchev–Trinajstić information content (AvgIpc) is 2.65. The fourth-order valence-corrected chi connectivity index (χ4v) is 3.30. The van der Waals surface area contributed by atoms with Crippen LogP contribution in [0, 0.1) is 10.1 Å². The Morgan fingerprint density at radius 3 is 2.27 bits per heavy atom. The van der Waals surface area contributed by atoms with Gasteiger partial charge in [-0.3, -0.25) is 19.1 Å². The third-order valence-corrected chi connectivity index (χ3v) is 5.48. The number of hydrogen-bond acceptors (Lipinski definition) is 6. The minimum atomic E-state index is -6.57. The number of esters is 1. The van der Waals surface area contributed by atoms with Gasteiger partial charge in [-0.1, -0.05) is 0 Å². The van der Waals surface area contributed by atoms with E-state index in [1.54, 1.807) is 6.26 Å². The van der Waals surface area contributed by atoms with Gasteiger partial charge in [0, 0.05) is 11.0 Å². The van der Waals surface area contributed by atoms with Crippen LogP contribution in [0.3, 0.4) is 0 Å². The molecule has 1 aromatic rings. The summed E-state index contributed by atoms with van der Waals surface area (Å²) in [7, 11) is -2.56. The van der Waals surface area contributed by atoms with Gasteiger partial charge in [-0.05, 0) is 18.4 Å². The largest absolute Gasteiger partial charge is 0.458 e. The number of rotatable bonds is 10. The van der Waals surface area contributed by atoms with E-state index in [1.807, 2.05) is 0 Å². The van der Waals surface area contributed by atoms with Crippen molar-refractivity contribution in [2.24, 2.45) is 0 Å². The first-order valence-electron chi connectivity index (χ1n) is 7.36. The van der Waals surface area contributed by atoms with Crippen molar-refractivity contribution >= 4 is 34.2 Å². The molecule has 30 heavy (non-hydrogen) atoms. The van der Waals surface area contributed by atoms with Gasteiger partial charge in [0.05, 0.1) is 15.7 Å². The fourth-order valence-electron chi connectivity index (χ4n) is 1.83. The molecule has 0 spiro atoms. The fraction of sp³-hybridized carbons (Fsp3) is 0.500. The third-order valence-electron chi connectivity index (χ3n) is 3.42. The highest BCUT2D eigenvalue weighted by atomic mass is 32.2. The summed E-state index contributed by atoms with van der Waals surface area (Å²) in [5.41, 5.74) is -0.693. The van der Waals surface area contributed by atoms with Crippen LogP contribution in [0.15, 0.2) is 28.0 Å². The number of ether oxygens (including phenoxy) is 1. The van der Waals surface area contributed by atoms with E-state index in [1.165, 1.54) is 6.07 Å². The van der Waals surface area contributed by atoms with Gasteiger partial charge in [-0.2, -0.15) is 26.3 Å². The van der Waals surface area contributed by atoms with E-state index in [0.29, 0.717) is 4.90 Å². The molecular formula is C14H11F8NO5S2. The summed E-state index contributed by atoms with van der Waals surface area (Å²) in [6.45, 7) is -2.72. The average molecular weight is 489 g/mol. The topological polar surface area (TPSA) is 86.5 Å². The molecule has 6 nitrogen and oxygen atoms in total. The third kappa shape index (κ3) is 5.39. The van der Waals surface area contributed by atoms with Crippen molar-refractivity contribution in [3.05, 3.63) is 28.3 Å². The second-order valence-corrected chi connectivity index (χ2v) is 7.74. The molecule has 0 aliphatic rings. The molecule has 1 rings (SSSR count). The van der Waals surface area contributed by atoms with Gasteiger partial charge in [0.25, 0.3) is 5.69 Å². The van der Waals surface area contributed by atoms with Crippen LogP contribution >= 0.6 is 11.8 Å². The minimum absolute atomic E-state index is 0.381. The number of carbonyl (C=O) groups is 1. The lowest BCUT2D eigenvalue weighted by Gasteiger charge is -2.31. The van der Waals surface area contributed by atoms with Gasteiger partial charge in [0.1, 0.15) is 10.6 Å². The van der Waals surface area contributed by atoms with Crippen LogP contribution in [-0.4, -0.2) is 57.9 Å². The van der Waals surface area contributed by atoms with E-state index in [4.69, 9.17) is 0 Å². The Kier molecular flexibility index (Phi) is 8.21. The van der Waals surface area contributed by atoms with E-state index in [9.17, 15) is 54.2 Å². The predicted molar refractivity (Wildman–Crippen MR) is 88.0 cm³/mol. The summed E-state index contributed by atoms with van der Waals surface area (Å²) in [6.07, 6.45) is -3.56. The summed E-state index contributed by atoms with van der Waals surface area (Å²) in [5, 5.41) is 11.0. The van der Waals surface area contributed by atoms with Crippen LogP contribution < -0.4 is 0 Å². The molecule has 0 amide bonds. The molecule has 1 atom stereocenters. The van der Waals surface area contributed by atoms with Gasteiger partial charge in [-0.25, -0.2) is 8.78 Å². The number of halogens is 8. The number of thioether (sulfide) groups is 1. The Balaban J connectivity index is 2.91. The standard InChI is InChI=1S/C14H11F8NO5S2/c1-29-7-2-3-9(8(4-7)23(25)26)30(27)5-10(24)28-6-12(17,18)14(21,22)13(19,20)11(15)16/h2-4,11H,5-6H2,1H3. The molecule has 0 heterocycles. The molecule has 0 saturated carbocycles. The number of hydrogen-bond donors (Lipinski definition) is 0. The van der Waals surface area contributed by atoms with E-state index >= 15 is 0 Å². The molecule has 16 heteroatoms. The second kappa shape index (κ2) is 9.45. The normalized spacial score (nSPS) is 13.9. The number of alkyl halides is 8. The van der Waals surface area contributed by atoms with E-state index in [0.717, 1.165) is 23.9 Å². The SMILES string of the molecule is CSc1ccc(S(=O)CC(=O)OCC(F)(F)C(F)(F)C(F)(F)C(F)F)c([N+](=O)[O-])c1. The molecular weight excluding hydrogens is 478 g/mol. The molecule has 1 aromatic carbocycles. The van der Waals surface area contributed by atoms with Crippen LogP contribution in [0.5, 0.6) is 0 Å². The highest BCUT2D eigenvalue weighted by Gasteiger charge is 2.75. The molecule has 0 saturated heterocycles. The number of benzene rings is 1. The lowest BCUT2D eigenvalue weighted by atomic mass is 10.1. The summed E-state index contributed by atoms with van der Waals surface area (Å²) < 4.78 is 118. The molecule has 0 fully saturated rings. The molecule has 170 valence electrons. The molecule has 0 radical (unpaired) electrons. The van der Waals surface area contributed by atoms with Crippen molar-refractivity contribution in [2.45, 2.75) is 34.0 Å². The molecule has 0 N–H and O–H groups in total. The predicted octanol–water partition coefficient (Wildman–Crippen LogP) is 4.14. The summed E-state index contributed by atoms with van der Waals surface area (Å²) in [5.74, 6) is -22.1. The number of nitro benzene ring substituents is 1. The van der Waals surface area contributed by atoms with Crippen LogP contribution in [0.25, 0.3) is 0 Å². The summed E-state index contributed by atoms with van der Waals surface area (Å²) in [6, 6.07) is 3.29. The number of carbonyl (C=O) groups excluding carboxylic acids is 1. The Bertz CT molecular complexity index is 837. The Morgan fingerprint density at radius 2 is 1.80 bits per heavy atom. The highest BCUT2D eigenvalue weighted by Crippen LogP contribution is 2.48. The zero-order valence-corrected chi connectivity index (χ0v) is 16.2. The number of nitrogens with zero attached hydrogens (tertiary/aromatic N) is 1. The monoisotopic (exact) mass is 489 g/mol. The van der Waals surface area contributed by atoms with E-state index < -0.39 is 68.8 Å². The maximum atomic E-state index is 13.3. The maximum absolute atomic E-state index is 13.3. The molecule has 0 bridgehead atoms. The first-order chi connectivity index (χ1) is 13.6. The quantitative estimate of drug-likeness (QED) is 0.162. The van der Waals surface area contributed by atoms with E-state index in [-0.39, 0.29) is 0 Å². The van der Waals surface area contributed by atoms with Gasteiger partial charge in [0.2, 0.25) is 0 Å². The number of nitro groups is 1. The molecule has 0 aliphatic carbocycles. The second-order valence-electron chi connectivity index (χ2n) is 5.44. The molecule has 1 unspecified atom stereocenters. The maximum Gasteiger partial charge on any atom is 0.381 e. The minimum Gasteiger partial charge on any atom is -0.458 e. The summed E-state index contributed by atoms with van der Waals surface area (Å²) in [4.78, 5) is 21.4.